The molecule has 0 spiro atoms. The molecule has 0 aliphatic carbocycles. The van der Waals surface area contributed by atoms with Crippen LogP contribution in [0.4, 0.5) is 0 Å². The van der Waals surface area contributed by atoms with E-state index in [9.17, 15) is 0 Å². The predicted molar refractivity (Wildman–Crippen MR) is 81.8 cm³/mol. The summed E-state index contributed by atoms with van der Waals surface area (Å²) in [5.74, 6) is 0. The zero-order valence-corrected chi connectivity index (χ0v) is 14.0. The molecule has 0 rings (SSSR count). The van der Waals surface area contributed by atoms with Crippen molar-refractivity contribution in [3.05, 3.63) is 34.9 Å². The lowest BCUT2D eigenvalue weighted by Gasteiger charge is -2.01. The third-order valence-electron chi connectivity index (χ3n) is 2.72. The van der Waals surface area contributed by atoms with Crippen molar-refractivity contribution in [1.29, 1.82) is 0 Å². The van der Waals surface area contributed by atoms with Crippen LogP contribution in [0.3, 0.4) is 0 Å². The van der Waals surface area contributed by atoms with Crippen molar-refractivity contribution in [2.24, 2.45) is 0 Å². The van der Waals surface area contributed by atoms with Crippen LogP contribution in [0.2, 0.25) is 4.55 Å². The molecule has 0 bridgehead atoms. The first kappa shape index (κ1) is 17.3. The number of hydrogen-bond donors (Lipinski definition) is 0. The van der Waals surface area contributed by atoms with E-state index in [0.29, 0.717) is 0 Å². The first-order valence-electron chi connectivity index (χ1n) is 6.57. The highest BCUT2D eigenvalue weighted by Gasteiger charge is 1.92. The lowest BCUT2D eigenvalue weighted by atomic mass is 10.1. The zero-order chi connectivity index (χ0) is 13.1. The molecule has 0 aliphatic rings. The maximum absolute atomic E-state index is 5.79. The second-order valence-corrected chi connectivity index (χ2v) is 7.03. The summed E-state index contributed by atoms with van der Waals surface area (Å²) in [7, 11) is 5.79. The monoisotopic (exact) mass is 264 g/mol. The molecule has 0 saturated carbocycles. The van der Waals surface area contributed by atoms with Crippen LogP contribution in [-0.2, 0) is 0 Å². The molecule has 0 saturated heterocycles. The number of halogens is 1. The standard InChI is InChI=1S/C15H25.ClH.Mg/c1-6-14(4)10-8-12-15(5)11-7-9-13(2)3;;/h6,9,12H,1,7-8,10-11H2,2-5H3;1H;/q;;+1/p-1. The summed E-state index contributed by atoms with van der Waals surface area (Å²) in [6.45, 7) is 8.78. The fourth-order valence-corrected chi connectivity index (χ4v) is 2.57. The van der Waals surface area contributed by atoms with Crippen LogP contribution in [0.15, 0.2) is 34.9 Å². The average Bonchev–Trinajstić information content (AvgIpc) is 2.25. The molecule has 0 heterocycles. The summed E-state index contributed by atoms with van der Waals surface area (Å²) in [6, 6.07) is 0. The minimum Gasteiger partial charge on any atom is -0.346 e. The highest BCUT2D eigenvalue weighted by Crippen LogP contribution is 2.11. The van der Waals surface area contributed by atoms with Crippen LogP contribution in [0.5, 0.6) is 0 Å². The van der Waals surface area contributed by atoms with Crippen LogP contribution in [0.1, 0.15) is 53.4 Å². The van der Waals surface area contributed by atoms with Gasteiger partial charge < -0.3 is 9.07 Å². The van der Waals surface area contributed by atoms with Crippen molar-refractivity contribution in [3.8, 4) is 0 Å². The van der Waals surface area contributed by atoms with Crippen molar-refractivity contribution in [2.75, 3.05) is 0 Å². The summed E-state index contributed by atoms with van der Waals surface area (Å²) in [5.41, 5.74) is 4.43. The van der Waals surface area contributed by atoms with Gasteiger partial charge in [-0.05, 0) is 53.4 Å². The quantitative estimate of drug-likeness (QED) is 0.391. The molecule has 0 atom stereocenters. The minimum atomic E-state index is -0.313. The summed E-state index contributed by atoms with van der Waals surface area (Å²) in [5, 5.41) is 0. The van der Waals surface area contributed by atoms with E-state index in [0.717, 1.165) is 4.55 Å². The zero-order valence-electron chi connectivity index (χ0n) is 11.9. The van der Waals surface area contributed by atoms with E-state index in [1.165, 1.54) is 42.4 Å². The fourth-order valence-electron chi connectivity index (χ4n) is 1.64. The summed E-state index contributed by atoms with van der Waals surface area (Å²) in [6.07, 6.45) is 11.7. The van der Waals surface area contributed by atoms with Crippen LogP contribution in [0.25, 0.3) is 0 Å². The second kappa shape index (κ2) is 11.4. The topological polar surface area (TPSA) is 0 Å². The van der Waals surface area contributed by atoms with Crippen LogP contribution in [0, 0.1) is 0 Å². The summed E-state index contributed by atoms with van der Waals surface area (Å²) in [4.78, 5) is 0. The Morgan fingerprint density at radius 2 is 1.41 bits per heavy atom. The first-order valence-corrected chi connectivity index (χ1v) is 9.70. The average molecular weight is 265 g/mol. The maximum atomic E-state index is 5.79. The van der Waals surface area contributed by atoms with E-state index in [-0.39, 0.29) is 19.3 Å². The minimum absolute atomic E-state index is 0.313. The van der Waals surface area contributed by atoms with Crippen LogP contribution < -0.4 is 0 Å². The van der Waals surface area contributed by atoms with Crippen molar-refractivity contribution >= 4 is 28.3 Å². The van der Waals surface area contributed by atoms with E-state index in [1.807, 2.05) is 0 Å². The van der Waals surface area contributed by atoms with Crippen LogP contribution in [-0.4, -0.2) is 19.3 Å². The van der Waals surface area contributed by atoms with Gasteiger partial charge in [0.25, 0.3) is 0 Å². The molecule has 94 valence electrons. The van der Waals surface area contributed by atoms with Gasteiger partial charge in [0.2, 0.25) is 0 Å². The Bertz CT molecular complexity index is 283. The SMILES string of the molecule is CC(C)=CCCC(C)=CCCC(C)=C[CH2][Mg][Cl]. The van der Waals surface area contributed by atoms with E-state index >= 15 is 0 Å². The smallest absolute Gasteiger partial charge is 0.346 e. The molecule has 0 aliphatic heterocycles. The molecule has 0 unspecified atom stereocenters. The lowest BCUT2D eigenvalue weighted by molar-refractivity contribution is 0.917. The highest BCUT2D eigenvalue weighted by atomic mass is 35.5. The molecule has 17 heavy (non-hydrogen) atoms. The van der Waals surface area contributed by atoms with E-state index in [4.69, 9.17) is 9.07 Å². The Morgan fingerprint density at radius 3 is 1.94 bits per heavy atom. The molecular weight excluding hydrogens is 240 g/mol. The molecule has 0 fully saturated rings. The third-order valence-corrected chi connectivity index (χ3v) is 3.89. The Kier molecular flexibility index (Phi) is 11.6. The summed E-state index contributed by atoms with van der Waals surface area (Å²) >= 11 is -0.313. The maximum Gasteiger partial charge on any atom is 0.504 e. The lowest BCUT2D eigenvalue weighted by Crippen LogP contribution is -1.81. The molecule has 0 radical (unpaired) electrons. The Morgan fingerprint density at radius 1 is 0.882 bits per heavy atom. The fraction of sp³-hybridized carbons (Fsp3) is 0.600. The van der Waals surface area contributed by atoms with E-state index in [2.05, 4.69) is 45.9 Å². The van der Waals surface area contributed by atoms with Gasteiger partial charge in [-0.25, -0.2) is 0 Å². The van der Waals surface area contributed by atoms with Crippen molar-refractivity contribution < 1.29 is 0 Å². The number of hydrogen-bond acceptors (Lipinski definition) is 0. The van der Waals surface area contributed by atoms with Crippen molar-refractivity contribution in [1.82, 2.24) is 0 Å². The second-order valence-electron chi connectivity index (χ2n) is 4.94. The van der Waals surface area contributed by atoms with Gasteiger partial charge in [-0.3, -0.25) is 0 Å². The van der Waals surface area contributed by atoms with Gasteiger partial charge in [0.15, 0.2) is 0 Å². The molecule has 0 N–H and O–H groups in total. The summed E-state index contributed by atoms with van der Waals surface area (Å²) < 4.78 is 1.14. The van der Waals surface area contributed by atoms with Gasteiger partial charge >= 0.3 is 19.3 Å². The Balaban J connectivity index is 3.80. The molecule has 0 aromatic heterocycles. The molecule has 0 aromatic carbocycles. The Labute approximate surface area is 121 Å². The highest BCUT2D eigenvalue weighted by molar-refractivity contribution is 6.93. The van der Waals surface area contributed by atoms with E-state index in [1.54, 1.807) is 0 Å². The molecule has 0 aromatic rings. The number of rotatable bonds is 8. The van der Waals surface area contributed by atoms with Crippen LogP contribution >= 0.6 is 9.07 Å². The van der Waals surface area contributed by atoms with Gasteiger partial charge in [0.05, 0.1) is 0 Å². The van der Waals surface area contributed by atoms with Gasteiger partial charge in [-0.15, -0.1) is 10.6 Å². The third kappa shape index (κ3) is 12.5. The van der Waals surface area contributed by atoms with E-state index < -0.39 is 0 Å². The normalized spacial score (nSPS) is 12.3. The van der Waals surface area contributed by atoms with Gasteiger partial charge in [0.1, 0.15) is 0 Å². The molecule has 2 heteroatoms. The first-order chi connectivity index (χ1) is 8.06. The molecule has 0 nitrogen and oxygen atoms in total. The predicted octanol–water partition coefficient (Wildman–Crippen LogP) is 5.68. The Hall–Kier alpha value is 0.276. The van der Waals surface area contributed by atoms with Gasteiger partial charge in [0, 0.05) is 0 Å². The molecular formula is C15H25ClMg. The van der Waals surface area contributed by atoms with Crippen molar-refractivity contribution in [2.45, 2.75) is 57.9 Å². The van der Waals surface area contributed by atoms with Crippen molar-refractivity contribution in [3.63, 3.8) is 0 Å². The van der Waals surface area contributed by atoms with Gasteiger partial charge in [-0.2, -0.15) is 0 Å². The van der Waals surface area contributed by atoms with Gasteiger partial charge in [-0.1, -0.05) is 28.9 Å². The molecule has 0 amide bonds. The largest absolute Gasteiger partial charge is 0.504 e. The number of allylic oxidation sites excluding steroid dienone is 6.